The zero-order valence-electron chi connectivity index (χ0n) is 33.3. The Hall–Kier alpha value is -6.81. The van der Waals surface area contributed by atoms with Crippen LogP contribution in [0.1, 0.15) is 75.9 Å². The number of amides is 1. The molecule has 1 N–H and O–H groups in total. The van der Waals surface area contributed by atoms with Gasteiger partial charge in [-0.15, -0.1) is 0 Å². The molecule has 16 heteroatoms. The Morgan fingerprint density at radius 1 is 0.917 bits per heavy atom. The van der Waals surface area contributed by atoms with E-state index in [0.717, 1.165) is 40.3 Å². The molecule has 5 aromatic heterocycles. The van der Waals surface area contributed by atoms with Crippen molar-refractivity contribution in [2.75, 3.05) is 19.8 Å². The second-order valence-corrected chi connectivity index (χ2v) is 16.4. The highest BCUT2D eigenvalue weighted by atomic mass is 19.1. The van der Waals surface area contributed by atoms with Crippen LogP contribution in [0.4, 0.5) is 4.39 Å². The number of nitrogens with zero attached hydrogens (tertiary/aromatic N) is 9. The third kappa shape index (κ3) is 5.57. The Labute approximate surface area is 341 Å². The number of hydrogen-bond donors (Lipinski definition) is 1. The van der Waals surface area contributed by atoms with E-state index in [1.165, 1.54) is 5.56 Å². The van der Waals surface area contributed by atoms with Gasteiger partial charge in [0.1, 0.15) is 22.9 Å². The van der Waals surface area contributed by atoms with Crippen molar-refractivity contribution in [2.45, 2.75) is 64.0 Å². The summed E-state index contributed by atoms with van der Waals surface area (Å²) in [5.41, 5.74) is 5.99. The first-order valence-electron chi connectivity index (χ1n) is 20.3. The lowest BCUT2D eigenvalue weighted by Crippen LogP contribution is -2.38. The molecule has 0 spiro atoms. The number of benzene rings is 3. The molecule has 2 aliphatic heterocycles. The average Bonchev–Trinajstić information content (AvgIpc) is 3.70. The molecule has 8 aromatic rings. The highest BCUT2D eigenvalue weighted by Crippen LogP contribution is 2.51. The van der Waals surface area contributed by atoms with Crippen molar-refractivity contribution < 1.29 is 18.4 Å². The van der Waals surface area contributed by atoms with E-state index in [0.29, 0.717) is 90.3 Å². The molecule has 60 heavy (non-hydrogen) atoms. The van der Waals surface area contributed by atoms with Crippen LogP contribution in [0.3, 0.4) is 0 Å². The number of fused-ring (bicyclic) bond motifs is 3. The molecule has 0 bridgehead atoms. The van der Waals surface area contributed by atoms with Crippen molar-refractivity contribution >= 4 is 27.7 Å². The SMILES string of the molecule is Cc1cc(-n2nc3c(c2-n2ccn(-c4ccc5c(cnn5C)c4)c2=O)CN(C(=O)c2cc4cc(C5CCOCC5)ccc4n2C2(c4noc(=O)[nH]4)CC2)CC3)cc(C)c1F. The van der Waals surface area contributed by atoms with E-state index in [1.807, 2.05) is 35.9 Å². The van der Waals surface area contributed by atoms with E-state index in [9.17, 15) is 14.0 Å². The molecule has 1 saturated carbocycles. The lowest BCUT2D eigenvalue weighted by Gasteiger charge is -2.28. The zero-order chi connectivity index (χ0) is 41.0. The van der Waals surface area contributed by atoms with Crippen molar-refractivity contribution in [1.29, 1.82) is 0 Å². The van der Waals surface area contributed by atoms with E-state index in [1.54, 1.807) is 68.0 Å². The van der Waals surface area contributed by atoms with Crippen LogP contribution in [0.25, 0.3) is 39.0 Å². The molecule has 1 saturated heterocycles. The number of H-pyrrole nitrogens is 1. The van der Waals surface area contributed by atoms with Gasteiger partial charge in [0, 0.05) is 67.5 Å². The molecule has 0 radical (unpaired) electrons. The van der Waals surface area contributed by atoms with Gasteiger partial charge in [-0.3, -0.25) is 28.1 Å². The largest absolute Gasteiger partial charge is 0.438 e. The predicted octanol–water partition coefficient (Wildman–Crippen LogP) is 5.72. The second-order valence-electron chi connectivity index (χ2n) is 16.4. The summed E-state index contributed by atoms with van der Waals surface area (Å²) >= 11 is 0. The molecule has 7 heterocycles. The van der Waals surface area contributed by atoms with Crippen molar-refractivity contribution in [3.05, 3.63) is 140 Å². The first-order valence-corrected chi connectivity index (χ1v) is 20.3. The van der Waals surface area contributed by atoms with Gasteiger partial charge in [-0.1, -0.05) is 11.2 Å². The Morgan fingerprint density at radius 2 is 1.68 bits per heavy atom. The van der Waals surface area contributed by atoms with Crippen molar-refractivity contribution in [3.63, 3.8) is 0 Å². The average molecular weight is 809 g/mol. The minimum Gasteiger partial charge on any atom is -0.381 e. The quantitative estimate of drug-likeness (QED) is 0.215. The standard InChI is InChI=1S/C44H41FN10O5/c1-25-18-32(19-26(2)38(25)45)55-39(53-15-14-52(43(53)58)31-5-7-35-30(21-31)23-46-50(35)3)33-24-51(13-8-34(33)48-55)40(56)37-22-29-20-28(27-9-16-59-17-10-27)4-6-36(29)54(37)44(11-12-44)41-47-42(57)60-49-41/h4-7,14-15,18-23,27H,8-13,16-17,24H2,1-3H3,(H,47,49,57). The fourth-order valence-corrected chi connectivity index (χ4v) is 9.46. The number of ether oxygens (including phenoxy) is 1. The second kappa shape index (κ2) is 13.4. The van der Waals surface area contributed by atoms with Crippen LogP contribution in [0, 0.1) is 19.7 Å². The number of carbonyl (C=O) groups excluding carboxylic acids is 1. The topological polar surface area (TPSA) is 156 Å². The first-order chi connectivity index (χ1) is 29.1. The number of rotatable bonds is 7. The van der Waals surface area contributed by atoms with Gasteiger partial charge in [-0.05, 0) is 111 Å². The Bertz CT molecular complexity index is 3140. The Balaban J connectivity index is 1.03. The fourth-order valence-electron chi connectivity index (χ4n) is 9.46. The maximum absolute atomic E-state index is 15.1. The van der Waals surface area contributed by atoms with Gasteiger partial charge in [0.2, 0.25) is 0 Å². The van der Waals surface area contributed by atoms with E-state index in [-0.39, 0.29) is 24.0 Å². The number of nitrogens with one attached hydrogen (secondary N) is 1. The van der Waals surface area contributed by atoms with Gasteiger partial charge >= 0.3 is 11.4 Å². The van der Waals surface area contributed by atoms with E-state index < -0.39 is 11.3 Å². The van der Waals surface area contributed by atoms with Crippen molar-refractivity contribution in [3.8, 4) is 17.2 Å². The van der Waals surface area contributed by atoms with Gasteiger partial charge in [0.15, 0.2) is 5.82 Å². The van der Waals surface area contributed by atoms with Gasteiger partial charge in [-0.2, -0.15) is 10.2 Å². The lowest BCUT2D eigenvalue weighted by atomic mass is 9.91. The molecule has 11 rings (SSSR count). The molecule has 1 aliphatic carbocycles. The minimum absolute atomic E-state index is 0.157. The zero-order valence-corrected chi connectivity index (χ0v) is 33.3. The molecular formula is C44H41FN10O5. The molecular weight excluding hydrogens is 768 g/mol. The van der Waals surface area contributed by atoms with E-state index >= 15 is 4.79 Å². The lowest BCUT2D eigenvalue weighted by molar-refractivity contribution is 0.0721. The van der Waals surface area contributed by atoms with Crippen LogP contribution in [-0.4, -0.2) is 74.0 Å². The highest BCUT2D eigenvalue weighted by Gasteiger charge is 2.52. The van der Waals surface area contributed by atoms with E-state index in [4.69, 9.17) is 14.4 Å². The minimum atomic E-state index is -0.760. The Morgan fingerprint density at radius 3 is 2.43 bits per heavy atom. The number of imidazole rings is 1. The van der Waals surface area contributed by atoms with Gasteiger partial charge < -0.3 is 14.2 Å². The number of hydrogen-bond acceptors (Lipinski definition) is 8. The van der Waals surface area contributed by atoms with E-state index in [2.05, 4.69) is 33.4 Å². The first kappa shape index (κ1) is 36.3. The Kier molecular flexibility index (Phi) is 8.08. The predicted molar refractivity (Wildman–Crippen MR) is 219 cm³/mol. The number of aromatic amines is 1. The maximum atomic E-state index is 15.1. The summed E-state index contributed by atoms with van der Waals surface area (Å²) in [5, 5.41) is 15.3. The maximum Gasteiger partial charge on any atom is 0.438 e. The molecule has 2 fully saturated rings. The monoisotopic (exact) mass is 808 g/mol. The summed E-state index contributed by atoms with van der Waals surface area (Å²) < 4.78 is 34.2. The summed E-state index contributed by atoms with van der Waals surface area (Å²) in [4.78, 5) is 46.5. The summed E-state index contributed by atoms with van der Waals surface area (Å²) in [6, 6.07) is 17.5. The van der Waals surface area contributed by atoms with Crippen LogP contribution >= 0.6 is 0 Å². The van der Waals surface area contributed by atoms with Gasteiger partial charge in [-0.25, -0.2) is 18.7 Å². The van der Waals surface area contributed by atoms with Crippen LogP contribution in [0.5, 0.6) is 0 Å². The van der Waals surface area contributed by atoms with Crippen LogP contribution < -0.4 is 11.4 Å². The number of aryl methyl sites for hydroxylation is 3. The smallest absolute Gasteiger partial charge is 0.381 e. The van der Waals surface area contributed by atoms with Crippen molar-refractivity contribution in [1.82, 2.24) is 48.3 Å². The number of halogens is 1. The fraction of sp³-hybridized carbons (Fsp3) is 0.318. The third-order valence-corrected chi connectivity index (χ3v) is 12.7. The van der Waals surface area contributed by atoms with Gasteiger partial charge in [0.05, 0.1) is 35.3 Å². The normalized spacial score (nSPS) is 16.6. The summed E-state index contributed by atoms with van der Waals surface area (Å²) in [6.07, 6.45) is 8.78. The summed E-state index contributed by atoms with van der Waals surface area (Å²) in [5.74, 6) is 0.0508. The highest BCUT2D eigenvalue weighted by molar-refractivity contribution is 5.99. The van der Waals surface area contributed by atoms with Crippen molar-refractivity contribution in [2.24, 2.45) is 7.05 Å². The number of aromatic nitrogens is 9. The molecule has 15 nitrogen and oxygen atoms in total. The molecule has 0 unspecified atom stereocenters. The summed E-state index contributed by atoms with van der Waals surface area (Å²) in [6.45, 7) is 5.37. The molecule has 3 aliphatic rings. The molecule has 1 amide bonds. The molecule has 3 aromatic carbocycles. The molecule has 304 valence electrons. The van der Waals surface area contributed by atoms with Crippen LogP contribution in [0.15, 0.2) is 87.3 Å². The summed E-state index contributed by atoms with van der Waals surface area (Å²) in [7, 11) is 1.87. The van der Waals surface area contributed by atoms with Gasteiger partial charge in [0.25, 0.3) is 5.91 Å². The van der Waals surface area contributed by atoms with Crippen LogP contribution in [0.2, 0.25) is 0 Å². The van der Waals surface area contributed by atoms with Crippen LogP contribution in [-0.2, 0) is 30.3 Å². The third-order valence-electron chi connectivity index (χ3n) is 12.7. The number of carbonyl (C=O) groups is 1. The molecule has 0 atom stereocenters.